The fourth-order valence-electron chi connectivity index (χ4n) is 5.69. The van der Waals surface area contributed by atoms with E-state index in [1.54, 1.807) is 25.4 Å². The van der Waals surface area contributed by atoms with Gasteiger partial charge < -0.3 is 14.2 Å². The number of benzene rings is 2. The van der Waals surface area contributed by atoms with Crippen LogP contribution in [0.5, 0.6) is 17.2 Å². The number of nitrogens with one attached hydrogen (secondary N) is 1. The van der Waals surface area contributed by atoms with Crippen LogP contribution in [0.3, 0.4) is 0 Å². The van der Waals surface area contributed by atoms with Crippen molar-refractivity contribution in [2.24, 2.45) is 0 Å². The van der Waals surface area contributed by atoms with Gasteiger partial charge in [-0.25, -0.2) is 0 Å². The van der Waals surface area contributed by atoms with Crippen LogP contribution in [0.2, 0.25) is 0 Å². The number of aromatic amines is 1. The maximum Gasteiger partial charge on any atom is 0.312 e. The van der Waals surface area contributed by atoms with Gasteiger partial charge in [0.25, 0.3) is 0 Å². The Hall–Kier alpha value is -3.61. The normalized spacial score (nSPS) is 20.8. The second-order valence-corrected chi connectivity index (χ2v) is 9.46. The molecule has 0 radical (unpaired) electrons. The number of Topliss-reactive ketones (excluding diaryl/α,β-unsaturated/α-hetero) is 1. The summed E-state index contributed by atoms with van der Waals surface area (Å²) in [7, 11) is 1.63. The molecule has 1 aliphatic carbocycles. The highest BCUT2D eigenvalue weighted by molar-refractivity contribution is 6.01. The average Bonchev–Trinajstić information content (AvgIpc) is 3.33. The topological polar surface area (TPSA) is 90.5 Å². The maximum atomic E-state index is 13.2. The Morgan fingerprint density at radius 2 is 1.85 bits per heavy atom. The summed E-state index contributed by atoms with van der Waals surface area (Å²) >= 11 is 0. The first-order valence-corrected chi connectivity index (χ1v) is 11.8. The van der Waals surface area contributed by atoms with Crippen molar-refractivity contribution < 1.29 is 23.8 Å². The fourth-order valence-corrected chi connectivity index (χ4v) is 5.69. The summed E-state index contributed by atoms with van der Waals surface area (Å²) in [6.45, 7) is 0. The summed E-state index contributed by atoms with van der Waals surface area (Å²) < 4.78 is 17.6. The van der Waals surface area contributed by atoms with Crippen LogP contribution in [0.4, 0.5) is 0 Å². The van der Waals surface area contributed by atoms with Gasteiger partial charge in [0, 0.05) is 22.6 Å². The van der Waals surface area contributed by atoms with E-state index in [0.29, 0.717) is 23.5 Å². The summed E-state index contributed by atoms with van der Waals surface area (Å²) in [4.78, 5) is 25.8. The number of methoxy groups -OCH3 is 1. The van der Waals surface area contributed by atoms with Gasteiger partial charge in [-0.1, -0.05) is 6.42 Å². The van der Waals surface area contributed by atoms with E-state index >= 15 is 0 Å². The zero-order valence-electron chi connectivity index (χ0n) is 19.1. The second-order valence-electron chi connectivity index (χ2n) is 9.46. The van der Waals surface area contributed by atoms with Gasteiger partial charge in [-0.05, 0) is 62.1 Å². The first-order valence-electron chi connectivity index (χ1n) is 11.8. The molecule has 3 aliphatic rings. The van der Waals surface area contributed by atoms with Crippen LogP contribution in [0.25, 0.3) is 11.3 Å². The largest absolute Gasteiger partial charge is 0.497 e. The van der Waals surface area contributed by atoms with Crippen molar-refractivity contribution >= 4 is 11.8 Å². The van der Waals surface area contributed by atoms with Crippen LogP contribution in [-0.4, -0.2) is 34.7 Å². The van der Waals surface area contributed by atoms with Gasteiger partial charge in [-0.3, -0.25) is 14.7 Å². The Kier molecular flexibility index (Phi) is 4.94. The lowest BCUT2D eigenvalue weighted by molar-refractivity contribution is -0.135. The van der Waals surface area contributed by atoms with Gasteiger partial charge >= 0.3 is 5.97 Å². The quantitative estimate of drug-likeness (QED) is 0.429. The van der Waals surface area contributed by atoms with E-state index in [4.69, 9.17) is 14.2 Å². The molecule has 34 heavy (non-hydrogen) atoms. The van der Waals surface area contributed by atoms with Crippen LogP contribution in [0, 0.1) is 0 Å². The number of hydrogen-bond donors (Lipinski definition) is 1. The Bertz CT molecular complexity index is 1270. The summed E-state index contributed by atoms with van der Waals surface area (Å²) in [5, 5.41) is 7.41. The van der Waals surface area contributed by atoms with Gasteiger partial charge in [0.2, 0.25) is 0 Å². The molecule has 0 unspecified atom stereocenters. The molecule has 3 aromatic rings. The highest BCUT2D eigenvalue weighted by Gasteiger charge is 2.45. The van der Waals surface area contributed by atoms with E-state index < -0.39 is 5.60 Å². The zero-order chi connectivity index (χ0) is 23.3. The Morgan fingerprint density at radius 1 is 1.06 bits per heavy atom. The minimum atomic E-state index is -0.460. The van der Waals surface area contributed by atoms with E-state index in [2.05, 4.69) is 10.2 Å². The maximum absolute atomic E-state index is 13.2. The van der Waals surface area contributed by atoms with Crippen LogP contribution in [-0.2, 0) is 4.79 Å². The van der Waals surface area contributed by atoms with E-state index in [-0.39, 0.29) is 24.1 Å². The van der Waals surface area contributed by atoms with Crippen LogP contribution in [0.1, 0.15) is 72.3 Å². The molecule has 0 saturated heterocycles. The van der Waals surface area contributed by atoms with E-state index in [1.807, 2.05) is 24.3 Å². The molecule has 7 heteroatoms. The average molecular weight is 459 g/mol. The molecule has 3 heterocycles. The first kappa shape index (κ1) is 21.0. The molecule has 7 nitrogen and oxygen atoms in total. The SMILES string of the molecule is COc1ccc(-c2[nH]ncc2[C@H]2CC(=O)Oc3ccc4c(c32)OC2(CCCCC2)CC4=O)cc1. The number of fused-ring (bicyclic) bond motifs is 3. The second kappa shape index (κ2) is 8.01. The van der Waals surface area contributed by atoms with Gasteiger partial charge in [0.15, 0.2) is 5.78 Å². The number of ketones is 1. The van der Waals surface area contributed by atoms with Crippen molar-refractivity contribution in [2.75, 3.05) is 7.11 Å². The molecular weight excluding hydrogens is 432 g/mol. The fraction of sp³-hybridized carbons (Fsp3) is 0.370. The third-order valence-corrected chi connectivity index (χ3v) is 7.39. The van der Waals surface area contributed by atoms with Crippen LogP contribution < -0.4 is 14.2 Å². The Labute approximate surface area is 197 Å². The minimum absolute atomic E-state index is 0.101. The molecule has 0 bridgehead atoms. The Morgan fingerprint density at radius 3 is 2.62 bits per heavy atom. The van der Waals surface area contributed by atoms with Crippen molar-refractivity contribution in [1.29, 1.82) is 0 Å². The predicted octanol–water partition coefficient (Wildman–Crippen LogP) is 5.19. The number of aromatic nitrogens is 2. The van der Waals surface area contributed by atoms with E-state index in [1.165, 1.54) is 6.42 Å². The molecule has 6 rings (SSSR count). The minimum Gasteiger partial charge on any atom is -0.497 e. The van der Waals surface area contributed by atoms with Crippen molar-refractivity contribution in [1.82, 2.24) is 10.2 Å². The molecule has 174 valence electrons. The highest BCUT2D eigenvalue weighted by Crippen LogP contribution is 2.52. The first-order chi connectivity index (χ1) is 16.6. The summed E-state index contributed by atoms with van der Waals surface area (Å²) in [5.41, 5.74) is 3.51. The van der Waals surface area contributed by atoms with Gasteiger partial charge in [0.05, 0.1) is 37.4 Å². The van der Waals surface area contributed by atoms with Crippen molar-refractivity contribution in [3.05, 3.63) is 59.3 Å². The number of hydrogen-bond acceptors (Lipinski definition) is 6. The summed E-state index contributed by atoms with van der Waals surface area (Å²) in [6.07, 6.45) is 7.33. The third-order valence-electron chi connectivity index (χ3n) is 7.39. The number of esters is 1. The molecule has 1 fully saturated rings. The van der Waals surface area contributed by atoms with Gasteiger partial charge in [-0.2, -0.15) is 5.10 Å². The van der Waals surface area contributed by atoms with Gasteiger partial charge in [0.1, 0.15) is 22.8 Å². The molecule has 1 atom stereocenters. The number of nitrogens with zero attached hydrogens (tertiary/aromatic N) is 1. The third kappa shape index (κ3) is 3.38. The number of carbonyl (C=O) groups is 2. The monoisotopic (exact) mass is 458 g/mol. The molecule has 1 aromatic heterocycles. The van der Waals surface area contributed by atoms with Crippen molar-refractivity contribution in [3.8, 4) is 28.5 Å². The predicted molar refractivity (Wildman–Crippen MR) is 125 cm³/mol. The number of rotatable bonds is 3. The molecule has 1 N–H and O–H groups in total. The lowest BCUT2D eigenvalue weighted by Crippen LogP contribution is -2.44. The number of carbonyl (C=O) groups excluding carboxylic acids is 2. The zero-order valence-corrected chi connectivity index (χ0v) is 19.1. The molecule has 0 amide bonds. The lowest BCUT2D eigenvalue weighted by Gasteiger charge is -2.42. The summed E-state index contributed by atoms with van der Waals surface area (Å²) in [5.74, 6) is 1.25. The smallest absolute Gasteiger partial charge is 0.312 e. The molecule has 2 aromatic carbocycles. The molecule has 1 saturated carbocycles. The number of ether oxygens (including phenoxy) is 3. The molecular formula is C27H26N2O5. The van der Waals surface area contributed by atoms with Gasteiger partial charge in [-0.15, -0.1) is 0 Å². The summed E-state index contributed by atoms with van der Waals surface area (Å²) in [6, 6.07) is 11.1. The van der Waals surface area contributed by atoms with Crippen LogP contribution >= 0.6 is 0 Å². The highest BCUT2D eigenvalue weighted by atomic mass is 16.5. The standard InChI is InChI=1S/C27H26N2O5/c1-32-17-7-5-16(6-8-17)25-20(15-28-29-25)19-13-23(31)33-22-10-9-18-21(30)14-27(11-3-2-4-12-27)34-26(18)24(19)22/h5-10,15,19H,2-4,11-14H2,1H3,(H,28,29)/t19-/m1/s1. The van der Waals surface area contributed by atoms with Crippen molar-refractivity contribution in [2.45, 2.75) is 56.5 Å². The molecule has 2 aliphatic heterocycles. The molecule has 1 spiro atoms. The number of H-pyrrole nitrogens is 1. The van der Waals surface area contributed by atoms with E-state index in [0.717, 1.165) is 53.8 Å². The Balaban J connectivity index is 1.48. The van der Waals surface area contributed by atoms with Crippen molar-refractivity contribution in [3.63, 3.8) is 0 Å². The van der Waals surface area contributed by atoms with E-state index in [9.17, 15) is 9.59 Å². The van der Waals surface area contributed by atoms with Crippen LogP contribution in [0.15, 0.2) is 42.6 Å². The lowest BCUT2D eigenvalue weighted by atomic mass is 9.76.